The molecule has 0 fully saturated rings. The minimum atomic E-state index is -1.02. The number of carboxylic acids is 1. The number of nitriles is 1. The molecule has 0 radical (unpaired) electrons. The molecule has 3 nitrogen and oxygen atoms in total. The van der Waals surface area contributed by atoms with E-state index in [-0.39, 0.29) is 11.8 Å². The molecule has 0 saturated carbocycles. The van der Waals surface area contributed by atoms with E-state index in [1.165, 1.54) is 0 Å². The van der Waals surface area contributed by atoms with Gasteiger partial charge in [0.05, 0.1) is 6.07 Å². The molecule has 0 aliphatic heterocycles. The highest BCUT2D eigenvalue weighted by Crippen LogP contribution is 2.19. The van der Waals surface area contributed by atoms with Crippen molar-refractivity contribution in [3.05, 3.63) is 0 Å². The Morgan fingerprint density at radius 3 is 2.00 bits per heavy atom. The Bertz CT molecular complexity index is 181. The van der Waals surface area contributed by atoms with Crippen LogP contribution < -0.4 is 0 Å². The van der Waals surface area contributed by atoms with Crippen LogP contribution >= 0.6 is 0 Å². The van der Waals surface area contributed by atoms with Crippen LogP contribution in [-0.4, -0.2) is 11.1 Å². The lowest BCUT2D eigenvalue weighted by Crippen LogP contribution is -2.23. The van der Waals surface area contributed by atoms with E-state index in [2.05, 4.69) is 0 Å². The second-order valence-electron chi connectivity index (χ2n) is 3.05. The van der Waals surface area contributed by atoms with Crippen molar-refractivity contribution in [1.82, 2.24) is 0 Å². The van der Waals surface area contributed by atoms with Crippen LogP contribution in [0.15, 0.2) is 0 Å². The summed E-state index contributed by atoms with van der Waals surface area (Å²) in [4.78, 5) is 10.5. The second kappa shape index (κ2) is 3.97. The molecule has 0 rings (SSSR count). The molecule has 0 saturated heterocycles. The lowest BCUT2D eigenvalue weighted by molar-refractivity contribution is -0.141. The molecule has 0 aromatic carbocycles. The third-order valence-corrected chi connectivity index (χ3v) is 1.98. The van der Waals surface area contributed by atoms with Crippen LogP contribution in [0.4, 0.5) is 0 Å². The molecule has 0 spiro atoms. The van der Waals surface area contributed by atoms with Crippen LogP contribution in [0, 0.1) is 29.1 Å². The standard InChI is InChI=1S/C8H13NO2/c1-5(2)6(3)7(4-9)8(10)11/h5-7H,1-3H3,(H,10,11). The van der Waals surface area contributed by atoms with Crippen molar-refractivity contribution < 1.29 is 9.90 Å². The topological polar surface area (TPSA) is 61.1 Å². The van der Waals surface area contributed by atoms with E-state index < -0.39 is 11.9 Å². The fourth-order valence-electron chi connectivity index (χ4n) is 0.783. The molecule has 0 amide bonds. The van der Waals surface area contributed by atoms with Gasteiger partial charge in [-0.1, -0.05) is 20.8 Å². The number of aliphatic carboxylic acids is 1. The molecule has 0 heterocycles. The van der Waals surface area contributed by atoms with Crippen LogP contribution in [0.3, 0.4) is 0 Å². The van der Waals surface area contributed by atoms with E-state index in [1.807, 2.05) is 13.8 Å². The quantitative estimate of drug-likeness (QED) is 0.671. The Labute approximate surface area is 66.6 Å². The van der Waals surface area contributed by atoms with Crippen molar-refractivity contribution in [2.45, 2.75) is 20.8 Å². The van der Waals surface area contributed by atoms with E-state index in [9.17, 15) is 4.79 Å². The number of carboxylic acid groups (broad SMARTS) is 1. The van der Waals surface area contributed by atoms with Gasteiger partial charge < -0.3 is 5.11 Å². The third kappa shape index (κ3) is 2.58. The van der Waals surface area contributed by atoms with Gasteiger partial charge in [-0.05, 0) is 11.8 Å². The van der Waals surface area contributed by atoms with Gasteiger partial charge >= 0.3 is 5.97 Å². The van der Waals surface area contributed by atoms with E-state index in [4.69, 9.17) is 10.4 Å². The molecular weight excluding hydrogens is 142 g/mol. The summed E-state index contributed by atoms with van der Waals surface area (Å²) in [6.45, 7) is 5.61. The van der Waals surface area contributed by atoms with Crippen LogP contribution in [0.1, 0.15) is 20.8 Å². The van der Waals surface area contributed by atoms with Crippen LogP contribution in [0.25, 0.3) is 0 Å². The molecule has 0 aromatic heterocycles. The average molecular weight is 155 g/mol. The van der Waals surface area contributed by atoms with Crippen molar-refractivity contribution in [2.24, 2.45) is 17.8 Å². The van der Waals surface area contributed by atoms with Crippen molar-refractivity contribution in [2.75, 3.05) is 0 Å². The van der Waals surface area contributed by atoms with Gasteiger partial charge in [-0.25, -0.2) is 0 Å². The molecule has 0 aliphatic rings. The maximum Gasteiger partial charge on any atom is 0.321 e. The summed E-state index contributed by atoms with van der Waals surface area (Å²) in [5.74, 6) is -1.74. The molecule has 1 N–H and O–H groups in total. The largest absolute Gasteiger partial charge is 0.480 e. The lowest BCUT2D eigenvalue weighted by atomic mass is 9.86. The van der Waals surface area contributed by atoms with E-state index in [0.717, 1.165) is 0 Å². The highest BCUT2D eigenvalue weighted by molar-refractivity contribution is 5.73. The van der Waals surface area contributed by atoms with Gasteiger partial charge in [0.15, 0.2) is 0 Å². The zero-order chi connectivity index (χ0) is 9.02. The van der Waals surface area contributed by atoms with Crippen molar-refractivity contribution in [3.63, 3.8) is 0 Å². The van der Waals surface area contributed by atoms with Crippen molar-refractivity contribution >= 4 is 5.97 Å². The number of carbonyl (C=O) groups is 1. The Balaban J connectivity index is 4.29. The highest BCUT2D eigenvalue weighted by atomic mass is 16.4. The fraction of sp³-hybridized carbons (Fsp3) is 0.750. The first-order valence-electron chi connectivity index (χ1n) is 3.63. The number of nitrogens with zero attached hydrogens (tertiary/aromatic N) is 1. The molecule has 2 unspecified atom stereocenters. The van der Waals surface area contributed by atoms with Gasteiger partial charge in [-0.15, -0.1) is 0 Å². The van der Waals surface area contributed by atoms with Crippen LogP contribution in [-0.2, 0) is 4.79 Å². The van der Waals surface area contributed by atoms with E-state index in [0.29, 0.717) is 0 Å². The molecule has 0 aromatic rings. The zero-order valence-corrected chi connectivity index (χ0v) is 7.03. The van der Waals surface area contributed by atoms with E-state index >= 15 is 0 Å². The van der Waals surface area contributed by atoms with Gasteiger partial charge in [0, 0.05) is 0 Å². The minimum Gasteiger partial charge on any atom is -0.480 e. The summed E-state index contributed by atoms with van der Waals surface area (Å²) < 4.78 is 0. The third-order valence-electron chi connectivity index (χ3n) is 1.98. The number of hydrogen-bond donors (Lipinski definition) is 1. The number of rotatable bonds is 3. The zero-order valence-electron chi connectivity index (χ0n) is 7.03. The van der Waals surface area contributed by atoms with Gasteiger partial charge in [0.25, 0.3) is 0 Å². The first-order valence-corrected chi connectivity index (χ1v) is 3.63. The van der Waals surface area contributed by atoms with Crippen molar-refractivity contribution in [3.8, 4) is 6.07 Å². The summed E-state index contributed by atoms with van der Waals surface area (Å²) in [7, 11) is 0. The van der Waals surface area contributed by atoms with Gasteiger partial charge in [0.1, 0.15) is 5.92 Å². The SMILES string of the molecule is CC(C)C(C)C(C#N)C(=O)O. The van der Waals surface area contributed by atoms with E-state index in [1.54, 1.807) is 13.0 Å². The average Bonchev–Trinajstić information content (AvgIpc) is 1.88. The van der Waals surface area contributed by atoms with Crippen LogP contribution in [0.5, 0.6) is 0 Å². The van der Waals surface area contributed by atoms with Crippen LogP contribution in [0.2, 0.25) is 0 Å². The smallest absolute Gasteiger partial charge is 0.321 e. The van der Waals surface area contributed by atoms with Gasteiger partial charge in [0.2, 0.25) is 0 Å². The Kier molecular flexibility index (Phi) is 3.59. The first-order chi connectivity index (χ1) is 5.00. The molecule has 11 heavy (non-hydrogen) atoms. The second-order valence-corrected chi connectivity index (χ2v) is 3.05. The van der Waals surface area contributed by atoms with Gasteiger partial charge in [-0.3, -0.25) is 4.79 Å². The lowest BCUT2D eigenvalue weighted by Gasteiger charge is -2.16. The molecule has 2 atom stereocenters. The normalized spacial score (nSPS) is 15.5. The summed E-state index contributed by atoms with van der Waals surface area (Å²) in [5.41, 5.74) is 0. The predicted octanol–water partition coefficient (Wildman–Crippen LogP) is 1.50. The monoisotopic (exact) mass is 155 g/mol. The van der Waals surface area contributed by atoms with Gasteiger partial charge in [-0.2, -0.15) is 5.26 Å². The molecule has 0 aliphatic carbocycles. The summed E-state index contributed by atoms with van der Waals surface area (Å²) >= 11 is 0. The Morgan fingerprint density at radius 2 is 1.91 bits per heavy atom. The molecule has 3 heteroatoms. The maximum absolute atomic E-state index is 10.5. The summed E-state index contributed by atoms with van der Waals surface area (Å²) in [5, 5.41) is 17.1. The highest BCUT2D eigenvalue weighted by Gasteiger charge is 2.26. The Morgan fingerprint density at radius 1 is 1.45 bits per heavy atom. The number of hydrogen-bond acceptors (Lipinski definition) is 2. The summed E-state index contributed by atoms with van der Waals surface area (Å²) in [6.07, 6.45) is 0. The predicted molar refractivity (Wildman–Crippen MR) is 40.7 cm³/mol. The Hall–Kier alpha value is -1.04. The molecule has 62 valence electrons. The maximum atomic E-state index is 10.5. The minimum absolute atomic E-state index is 0.0856. The first kappa shape index (κ1) is 9.96. The van der Waals surface area contributed by atoms with Crippen molar-refractivity contribution in [1.29, 1.82) is 5.26 Å². The fourth-order valence-corrected chi connectivity index (χ4v) is 0.783. The summed E-state index contributed by atoms with van der Waals surface area (Å²) in [6, 6.07) is 1.78. The molecular formula is C8H13NO2. The molecule has 0 bridgehead atoms.